The number of nitrogens with one attached hydrogen (secondary N) is 1. The van der Waals surface area contributed by atoms with E-state index in [4.69, 9.17) is 4.74 Å². The minimum Gasteiger partial charge on any atom is -0.465 e. The van der Waals surface area contributed by atoms with E-state index in [1.165, 1.54) is 18.0 Å². The number of rotatable bonds is 4. The van der Waals surface area contributed by atoms with Gasteiger partial charge in [0, 0.05) is 5.69 Å². The number of benzene rings is 1. The number of amides is 1. The normalized spacial score (nSPS) is 10.7. The van der Waals surface area contributed by atoms with Crippen LogP contribution >= 0.6 is 11.3 Å². The lowest BCUT2D eigenvalue weighted by molar-refractivity contribution is -0.116. The van der Waals surface area contributed by atoms with Gasteiger partial charge in [0.05, 0.1) is 18.8 Å². The SMILES string of the molecule is COC(=O)c1sc2ncn(CC(=O)Nc3cccc(C)c3)c(=O)c2c1C. The van der Waals surface area contributed by atoms with E-state index in [1.54, 1.807) is 13.0 Å². The summed E-state index contributed by atoms with van der Waals surface area (Å²) in [6, 6.07) is 7.39. The van der Waals surface area contributed by atoms with Crippen LogP contribution in [0.15, 0.2) is 35.4 Å². The first-order valence-electron chi connectivity index (χ1n) is 7.84. The fourth-order valence-corrected chi connectivity index (χ4v) is 3.69. The van der Waals surface area contributed by atoms with Crippen molar-refractivity contribution in [3.63, 3.8) is 0 Å². The number of thiophene rings is 1. The van der Waals surface area contributed by atoms with Crippen LogP contribution in [0, 0.1) is 13.8 Å². The Morgan fingerprint density at radius 1 is 1.31 bits per heavy atom. The van der Waals surface area contributed by atoms with Crippen LogP contribution in [0.2, 0.25) is 0 Å². The largest absolute Gasteiger partial charge is 0.465 e. The van der Waals surface area contributed by atoms with E-state index < -0.39 is 5.97 Å². The molecule has 0 aliphatic carbocycles. The second kappa shape index (κ2) is 7.09. The molecule has 8 heteroatoms. The molecule has 3 rings (SSSR count). The van der Waals surface area contributed by atoms with E-state index in [2.05, 4.69) is 10.3 Å². The van der Waals surface area contributed by atoms with Gasteiger partial charge in [-0.25, -0.2) is 9.78 Å². The quantitative estimate of drug-likeness (QED) is 0.712. The van der Waals surface area contributed by atoms with Crippen molar-refractivity contribution in [2.75, 3.05) is 12.4 Å². The summed E-state index contributed by atoms with van der Waals surface area (Å²) in [5.41, 5.74) is 1.84. The van der Waals surface area contributed by atoms with Gasteiger partial charge in [-0.15, -0.1) is 11.3 Å². The lowest BCUT2D eigenvalue weighted by Crippen LogP contribution is -2.27. The van der Waals surface area contributed by atoms with Gasteiger partial charge in [-0.1, -0.05) is 12.1 Å². The van der Waals surface area contributed by atoms with Crippen LogP contribution in [-0.4, -0.2) is 28.5 Å². The average Bonchev–Trinajstić information content (AvgIpc) is 2.94. The molecule has 3 aromatic rings. The van der Waals surface area contributed by atoms with Crippen LogP contribution in [-0.2, 0) is 16.1 Å². The Hall–Kier alpha value is -3.00. The molecule has 1 N–H and O–H groups in total. The van der Waals surface area contributed by atoms with Crippen LogP contribution < -0.4 is 10.9 Å². The van der Waals surface area contributed by atoms with Crippen molar-refractivity contribution in [3.8, 4) is 0 Å². The number of hydrogen-bond acceptors (Lipinski definition) is 6. The summed E-state index contributed by atoms with van der Waals surface area (Å²) >= 11 is 1.10. The van der Waals surface area contributed by atoms with E-state index in [0.29, 0.717) is 26.3 Å². The summed E-state index contributed by atoms with van der Waals surface area (Å²) in [4.78, 5) is 41.8. The summed E-state index contributed by atoms with van der Waals surface area (Å²) in [6.45, 7) is 3.43. The number of aromatic nitrogens is 2. The topological polar surface area (TPSA) is 90.3 Å². The summed E-state index contributed by atoms with van der Waals surface area (Å²) in [6.07, 6.45) is 1.32. The van der Waals surface area contributed by atoms with E-state index in [0.717, 1.165) is 16.9 Å². The summed E-state index contributed by atoms with van der Waals surface area (Å²) in [5, 5.41) is 3.09. The minimum atomic E-state index is -0.506. The Labute approximate surface area is 153 Å². The van der Waals surface area contributed by atoms with Crippen molar-refractivity contribution < 1.29 is 14.3 Å². The van der Waals surface area contributed by atoms with E-state index >= 15 is 0 Å². The molecule has 0 aliphatic rings. The maximum Gasteiger partial charge on any atom is 0.348 e. The van der Waals surface area contributed by atoms with Gasteiger partial charge in [0.2, 0.25) is 5.91 Å². The van der Waals surface area contributed by atoms with Crippen LogP contribution in [0.1, 0.15) is 20.8 Å². The molecule has 0 unspecified atom stereocenters. The predicted octanol–water partition coefficient (Wildman–Crippen LogP) is 2.50. The van der Waals surface area contributed by atoms with Crippen LogP contribution in [0.5, 0.6) is 0 Å². The lowest BCUT2D eigenvalue weighted by atomic mass is 10.2. The number of esters is 1. The van der Waals surface area contributed by atoms with Gasteiger partial charge in [-0.2, -0.15) is 0 Å². The van der Waals surface area contributed by atoms with Crippen molar-refractivity contribution >= 4 is 39.1 Å². The number of aryl methyl sites for hydroxylation is 2. The number of hydrogen-bond donors (Lipinski definition) is 1. The zero-order valence-electron chi connectivity index (χ0n) is 14.5. The fraction of sp³-hybridized carbons (Fsp3) is 0.222. The monoisotopic (exact) mass is 371 g/mol. The van der Waals surface area contributed by atoms with Crippen molar-refractivity contribution in [1.29, 1.82) is 0 Å². The zero-order valence-corrected chi connectivity index (χ0v) is 15.3. The van der Waals surface area contributed by atoms with Crippen LogP contribution in [0.25, 0.3) is 10.2 Å². The molecule has 0 spiro atoms. The molecule has 0 bridgehead atoms. The van der Waals surface area contributed by atoms with Crippen LogP contribution in [0.4, 0.5) is 5.69 Å². The lowest BCUT2D eigenvalue weighted by Gasteiger charge is -2.08. The van der Waals surface area contributed by atoms with Gasteiger partial charge in [0.1, 0.15) is 16.3 Å². The third-order valence-corrected chi connectivity index (χ3v) is 5.08. The number of carbonyl (C=O) groups excluding carboxylic acids is 2. The highest BCUT2D eigenvalue weighted by Gasteiger charge is 2.20. The minimum absolute atomic E-state index is 0.168. The maximum absolute atomic E-state index is 12.7. The van der Waals surface area contributed by atoms with Gasteiger partial charge in [-0.05, 0) is 37.1 Å². The number of carbonyl (C=O) groups is 2. The van der Waals surface area contributed by atoms with Crippen LogP contribution in [0.3, 0.4) is 0 Å². The number of fused-ring (bicyclic) bond motifs is 1. The second-order valence-corrected chi connectivity index (χ2v) is 6.82. The standard InChI is InChI=1S/C18H17N3O4S/c1-10-5-4-6-12(7-10)20-13(22)8-21-9-19-16-14(17(21)23)11(2)15(26-16)18(24)25-3/h4-7,9H,8H2,1-3H3,(H,20,22). The Bertz CT molecular complexity index is 1070. The Morgan fingerprint density at radius 3 is 2.77 bits per heavy atom. The smallest absolute Gasteiger partial charge is 0.348 e. The first-order chi connectivity index (χ1) is 12.4. The number of anilines is 1. The van der Waals surface area contributed by atoms with Crippen molar-refractivity contribution in [3.05, 3.63) is 57.0 Å². The van der Waals surface area contributed by atoms with E-state index in [-0.39, 0.29) is 18.0 Å². The Morgan fingerprint density at radius 2 is 2.08 bits per heavy atom. The zero-order chi connectivity index (χ0) is 18.8. The van der Waals surface area contributed by atoms with E-state index in [1.807, 2.05) is 25.1 Å². The van der Waals surface area contributed by atoms with Gasteiger partial charge in [0.15, 0.2) is 0 Å². The summed E-state index contributed by atoms with van der Waals surface area (Å²) in [7, 11) is 1.29. The third-order valence-electron chi connectivity index (χ3n) is 3.90. The van der Waals surface area contributed by atoms with Crippen molar-refractivity contribution in [2.45, 2.75) is 20.4 Å². The number of nitrogens with zero attached hydrogens (tertiary/aromatic N) is 2. The summed E-state index contributed by atoms with van der Waals surface area (Å²) in [5.74, 6) is -0.839. The molecule has 0 aliphatic heterocycles. The molecular formula is C18H17N3O4S. The molecule has 0 saturated heterocycles. The van der Waals surface area contributed by atoms with Gasteiger partial charge >= 0.3 is 5.97 Å². The number of methoxy groups -OCH3 is 1. The highest BCUT2D eigenvalue weighted by molar-refractivity contribution is 7.20. The summed E-state index contributed by atoms with van der Waals surface area (Å²) < 4.78 is 5.96. The molecule has 2 aromatic heterocycles. The molecule has 7 nitrogen and oxygen atoms in total. The van der Waals surface area contributed by atoms with Gasteiger partial charge < -0.3 is 10.1 Å². The van der Waals surface area contributed by atoms with Crippen molar-refractivity contribution in [2.24, 2.45) is 0 Å². The van der Waals surface area contributed by atoms with E-state index in [9.17, 15) is 14.4 Å². The van der Waals surface area contributed by atoms with Gasteiger partial charge in [0.25, 0.3) is 5.56 Å². The first-order valence-corrected chi connectivity index (χ1v) is 8.65. The van der Waals surface area contributed by atoms with Gasteiger partial charge in [-0.3, -0.25) is 14.2 Å². The second-order valence-electron chi connectivity index (χ2n) is 5.82. The first kappa shape index (κ1) is 17.8. The Balaban J connectivity index is 1.90. The molecule has 0 fully saturated rings. The highest BCUT2D eigenvalue weighted by Crippen LogP contribution is 2.27. The third kappa shape index (κ3) is 3.36. The molecule has 2 heterocycles. The molecule has 0 radical (unpaired) electrons. The molecular weight excluding hydrogens is 354 g/mol. The average molecular weight is 371 g/mol. The highest BCUT2D eigenvalue weighted by atomic mass is 32.1. The molecule has 1 aromatic carbocycles. The maximum atomic E-state index is 12.7. The predicted molar refractivity (Wildman–Crippen MR) is 99.8 cm³/mol. The Kier molecular flexibility index (Phi) is 4.85. The molecule has 1 amide bonds. The number of ether oxygens (including phenoxy) is 1. The fourth-order valence-electron chi connectivity index (χ4n) is 2.64. The van der Waals surface area contributed by atoms with Crippen molar-refractivity contribution in [1.82, 2.24) is 9.55 Å². The molecule has 0 atom stereocenters. The molecule has 26 heavy (non-hydrogen) atoms. The molecule has 134 valence electrons. The molecule has 0 saturated carbocycles.